The van der Waals surface area contributed by atoms with Gasteiger partial charge in [0, 0.05) is 6.42 Å². The van der Waals surface area contributed by atoms with E-state index in [4.69, 9.17) is 5.11 Å². The van der Waals surface area contributed by atoms with Gasteiger partial charge in [-0.15, -0.1) is 0 Å². The van der Waals surface area contributed by atoms with Gasteiger partial charge in [0.15, 0.2) is 0 Å². The quantitative estimate of drug-likeness (QED) is 0.291. The normalized spacial score (nSPS) is 12.4. The molecule has 0 heterocycles. The number of unbranched alkanes of at least 4 members (excludes halogenated alkanes) is 9. The zero-order valence-corrected chi connectivity index (χ0v) is 16.5. The lowest BCUT2D eigenvalue weighted by molar-refractivity contribution is -0.204. The molecular formula is C19H32F3NO5. The smallest absolute Gasteiger partial charge is 0.480 e. The van der Waals surface area contributed by atoms with Crippen LogP contribution in [0.1, 0.15) is 84.0 Å². The molecule has 9 heteroatoms. The van der Waals surface area contributed by atoms with Gasteiger partial charge >= 0.3 is 18.1 Å². The number of ether oxygens (including phenoxy) is 1. The fourth-order valence-electron chi connectivity index (χ4n) is 2.70. The van der Waals surface area contributed by atoms with Gasteiger partial charge in [0.25, 0.3) is 0 Å². The molecule has 0 bridgehead atoms. The van der Waals surface area contributed by atoms with Crippen LogP contribution in [-0.2, 0) is 19.1 Å². The van der Waals surface area contributed by atoms with Crippen molar-refractivity contribution in [2.45, 2.75) is 96.3 Å². The van der Waals surface area contributed by atoms with Crippen molar-refractivity contribution in [1.82, 2.24) is 5.32 Å². The van der Waals surface area contributed by atoms with Crippen LogP contribution < -0.4 is 5.32 Å². The van der Waals surface area contributed by atoms with Gasteiger partial charge in [-0.2, -0.15) is 13.2 Å². The largest absolute Gasteiger partial charge is 0.490 e. The summed E-state index contributed by atoms with van der Waals surface area (Å²) < 4.78 is 40.5. The molecule has 0 aromatic heterocycles. The highest BCUT2D eigenvalue weighted by atomic mass is 19.4. The second kappa shape index (κ2) is 15.2. The molecule has 0 aromatic rings. The van der Waals surface area contributed by atoms with Crippen LogP contribution >= 0.6 is 0 Å². The summed E-state index contributed by atoms with van der Waals surface area (Å²) >= 11 is 0. The van der Waals surface area contributed by atoms with E-state index in [0.29, 0.717) is 12.8 Å². The molecule has 1 atom stereocenters. The number of hydrogen-bond acceptors (Lipinski definition) is 4. The van der Waals surface area contributed by atoms with Crippen molar-refractivity contribution in [2.75, 3.05) is 6.54 Å². The number of amides is 1. The number of rotatable bonds is 16. The van der Waals surface area contributed by atoms with Gasteiger partial charge in [-0.3, -0.25) is 9.59 Å². The Morgan fingerprint density at radius 2 is 1.36 bits per heavy atom. The third-order valence-electron chi connectivity index (χ3n) is 4.24. The molecule has 0 radical (unpaired) electrons. The Morgan fingerprint density at radius 1 is 0.893 bits per heavy atom. The number of halogens is 3. The highest BCUT2D eigenvalue weighted by Gasteiger charge is 2.41. The molecule has 0 rings (SSSR count). The summed E-state index contributed by atoms with van der Waals surface area (Å²) in [6, 6.07) is 0. The van der Waals surface area contributed by atoms with Crippen molar-refractivity contribution >= 4 is 17.8 Å². The maximum Gasteiger partial charge on any atom is 0.490 e. The summed E-state index contributed by atoms with van der Waals surface area (Å²) in [5.41, 5.74) is 0. The average Bonchev–Trinajstić information content (AvgIpc) is 2.59. The first kappa shape index (κ1) is 26.2. The van der Waals surface area contributed by atoms with E-state index >= 15 is 0 Å². The fraction of sp³-hybridized carbons (Fsp3) is 0.842. The van der Waals surface area contributed by atoms with Gasteiger partial charge in [-0.1, -0.05) is 51.4 Å². The molecule has 2 N–H and O–H groups in total. The molecule has 6 nitrogen and oxygen atoms in total. The van der Waals surface area contributed by atoms with Gasteiger partial charge in [0.2, 0.25) is 5.91 Å². The Hall–Kier alpha value is -1.80. The van der Waals surface area contributed by atoms with Crippen LogP contribution in [0.2, 0.25) is 0 Å². The molecule has 1 unspecified atom stereocenters. The highest BCUT2D eigenvalue weighted by Crippen LogP contribution is 2.19. The molecule has 0 saturated carbocycles. The van der Waals surface area contributed by atoms with Gasteiger partial charge < -0.3 is 15.2 Å². The van der Waals surface area contributed by atoms with Gasteiger partial charge in [-0.05, 0) is 26.2 Å². The molecule has 1 amide bonds. The number of alkyl halides is 3. The molecule has 0 aliphatic heterocycles. The number of nitrogens with one attached hydrogen (secondary N) is 1. The first-order chi connectivity index (χ1) is 13.1. The third kappa shape index (κ3) is 16.4. The predicted molar refractivity (Wildman–Crippen MR) is 97.7 cm³/mol. The fourth-order valence-corrected chi connectivity index (χ4v) is 2.70. The summed E-state index contributed by atoms with van der Waals surface area (Å²) in [5, 5.41) is 10.8. The third-order valence-corrected chi connectivity index (χ3v) is 4.24. The maximum absolute atomic E-state index is 12.0. The minimum Gasteiger partial charge on any atom is -0.480 e. The van der Waals surface area contributed by atoms with E-state index in [1.807, 2.05) is 0 Å². The average molecular weight is 411 g/mol. The van der Waals surface area contributed by atoms with Crippen molar-refractivity contribution in [3.05, 3.63) is 0 Å². The van der Waals surface area contributed by atoms with Crippen molar-refractivity contribution in [2.24, 2.45) is 0 Å². The van der Waals surface area contributed by atoms with E-state index in [2.05, 4.69) is 10.1 Å². The lowest BCUT2D eigenvalue weighted by atomic mass is 10.0. The number of hydrogen-bond donors (Lipinski definition) is 2. The number of carboxylic acids is 1. The number of carbonyl (C=O) groups excluding carboxylic acids is 2. The second-order valence-corrected chi connectivity index (χ2v) is 6.96. The minimum absolute atomic E-state index is 0.232. The Labute approximate surface area is 164 Å². The molecule has 0 saturated heterocycles. The number of carboxylic acid groups (broad SMARTS) is 1. The first-order valence-corrected chi connectivity index (χ1v) is 9.89. The highest BCUT2D eigenvalue weighted by molar-refractivity contribution is 5.80. The summed E-state index contributed by atoms with van der Waals surface area (Å²) in [5.74, 6) is -3.40. The Balaban J connectivity index is 3.37. The standard InChI is InChI=1S/C19H32F3NO5/c1-15(28-18(27)19(20,21)22)12-10-8-6-4-2-3-5-7-9-11-13-16(24)23-14-17(25)26/h15H,2-14H2,1H3,(H,23,24)(H,25,26). The molecule has 0 aliphatic rings. The van der Waals surface area contributed by atoms with Crippen LogP contribution in [0.3, 0.4) is 0 Å². The number of esters is 1. The molecular weight excluding hydrogens is 379 g/mol. The molecule has 0 aromatic carbocycles. The van der Waals surface area contributed by atoms with Crippen LogP contribution in [0.4, 0.5) is 13.2 Å². The van der Waals surface area contributed by atoms with Crippen molar-refractivity contribution in [3.63, 3.8) is 0 Å². The Morgan fingerprint density at radius 3 is 1.82 bits per heavy atom. The van der Waals surface area contributed by atoms with E-state index in [1.54, 1.807) is 0 Å². The summed E-state index contributed by atoms with van der Waals surface area (Å²) in [4.78, 5) is 32.3. The van der Waals surface area contributed by atoms with Gasteiger partial charge in [0.1, 0.15) is 6.54 Å². The van der Waals surface area contributed by atoms with Crippen LogP contribution in [-0.4, -0.2) is 41.8 Å². The molecule has 0 aliphatic carbocycles. The van der Waals surface area contributed by atoms with E-state index in [1.165, 1.54) is 6.92 Å². The molecule has 28 heavy (non-hydrogen) atoms. The van der Waals surface area contributed by atoms with Crippen molar-refractivity contribution in [1.29, 1.82) is 0 Å². The summed E-state index contributed by atoms with van der Waals surface area (Å²) in [6.07, 6.45) is 4.84. The zero-order valence-electron chi connectivity index (χ0n) is 16.5. The number of aliphatic carboxylic acids is 1. The van der Waals surface area contributed by atoms with E-state index in [-0.39, 0.29) is 12.5 Å². The van der Waals surface area contributed by atoms with Gasteiger partial charge in [-0.25, -0.2) is 4.79 Å². The lowest BCUT2D eigenvalue weighted by Gasteiger charge is -2.14. The van der Waals surface area contributed by atoms with Crippen LogP contribution in [0.25, 0.3) is 0 Å². The predicted octanol–water partition coefficient (Wildman–Crippen LogP) is 4.36. The molecule has 164 valence electrons. The monoisotopic (exact) mass is 411 g/mol. The topological polar surface area (TPSA) is 92.7 Å². The first-order valence-electron chi connectivity index (χ1n) is 9.89. The van der Waals surface area contributed by atoms with Crippen LogP contribution in [0.5, 0.6) is 0 Å². The van der Waals surface area contributed by atoms with Crippen molar-refractivity contribution in [3.8, 4) is 0 Å². The SMILES string of the molecule is CC(CCCCCCCCCCCCC(=O)NCC(=O)O)OC(=O)C(F)(F)F. The van der Waals surface area contributed by atoms with E-state index < -0.39 is 24.2 Å². The lowest BCUT2D eigenvalue weighted by Crippen LogP contribution is -2.28. The van der Waals surface area contributed by atoms with Crippen LogP contribution in [0.15, 0.2) is 0 Å². The Kier molecular flexibility index (Phi) is 14.2. The second-order valence-electron chi connectivity index (χ2n) is 6.96. The summed E-state index contributed by atoms with van der Waals surface area (Å²) in [7, 11) is 0. The molecule has 0 fully saturated rings. The molecule has 0 spiro atoms. The van der Waals surface area contributed by atoms with E-state index in [9.17, 15) is 27.6 Å². The van der Waals surface area contributed by atoms with Gasteiger partial charge in [0.05, 0.1) is 6.10 Å². The minimum atomic E-state index is -4.93. The van der Waals surface area contributed by atoms with Crippen LogP contribution in [0, 0.1) is 0 Å². The maximum atomic E-state index is 12.0. The van der Waals surface area contributed by atoms with E-state index in [0.717, 1.165) is 64.2 Å². The zero-order chi connectivity index (χ0) is 21.4. The Bertz CT molecular complexity index is 469. The van der Waals surface area contributed by atoms with Crippen molar-refractivity contribution < 1.29 is 37.4 Å². The number of carbonyl (C=O) groups is 3. The summed E-state index contributed by atoms with van der Waals surface area (Å²) in [6.45, 7) is 1.13.